The molecule has 0 aliphatic heterocycles. The van der Waals surface area contributed by atoms with Gasteiger partial charge in [0.15, 0.2) is 0 Å². The molecule has 0 aromatic rings. The van der Waals surface area contributed by atoms with Crippen LogP contribution < -0.4 is 11.1 Å². The normalized spacial score (nSPS) is 14.0. The zero-order valence-electron chi connectivity index (χ0n) is 8.40. The Labute approximate surface area is 74.7 Å². The van der Waals surface area contributed by atoms with Gasteiger partial charge in [-0.2, -0.15) is 0 Å². The van der Waals surface area contributed by atoms with E-state index in [1.165, 1.54) is 0 Å². The van der Waals surface area contributed by atoms with Crippen molar-refractivity contribution in [3.8, 4) is 0 Å². The number of rotatable bonds is 4. The van der Waals surface area contributed by atoms with E-state index in [4.69, 9.17) is 5.73 Å². The molecule has 0 heterocycles. The molecule has 1 unspecified atom stereocenters. The molecule has 2 N–H and O–H groups in total. The third-order valence-corrected chi connectivity index (χ3v) is 2.41. The molecule has 0 aliphatic rings. The Bertz CT molecular complexity index is 155. The van der Waals surface area contributed by atoms with E-state index in [9.17, 15) is 4.79 Å². The molecular formula is C9H19N2O. The van der Waals surface area contributed by atoms with Crippen molar-refractivity contribution in [2.75, 3.05) is 0 Å². The number of carbonyl (C=O) groups is 1. The van der Waals surface area contributed by atoms with Gasteiger partial charge < -0.3 is 5.32 Å². The van der Waals surface area contributed by atoms with Gasteiger partial charge in [-0.15, -0.1) is 0 Å². The van der Waals surface area contributed by atoms with Crippen molar-refractivity contribution in [2.45, 2.75) is 46.6 Å². The Hall–Kier alpha value is -0.730. The Kier molecular flexibility index (Phi) is 4.07. The second kappa shape index (κ2) is 4.33. The molecule has 0 saturated heterocycles. The summed E-state index contributed by atoms with van der Waals surface area (Å²) in [5.74, 6) is 0. The summed E-state index contributed by atoms with van der Waals surface area (Å²) in [4.78, 5) is 10.5. The predicted octanol–water partition coefficient (Wildman–Crippen LogP) is 2.19. The third-order valence-electron chi connectivity index (χ3n) is 2.41. The highest BCUT2D eigenvalue weighted by Gasteiger charge is 2.25. The van der Waals surface area contributed by atoms with Crippen LogP contribution in [0.1, 0.15) is 40.5 Å². The zero-order chi connectivity index (χ0) is 9.78. The van der Waals surface area contributed by atoms with Crippen molar-refractivity contribution in [3.63, 3.8) is 0 Å². The van der Waals surface area contributed by atoms with Crippen molar-refractivity contribution in [1.82, 2.24) is 11.1 Å². The van der Waals surface area contributed by atoms with E-state index in [1.54, 1.807) is 0 Å². The van der Waals surface area contributed by atoms with Crippen LogP contribution in [-0.2, 0) is 0 Å². The number of hydrogen-bond acceptors (Lipinski definition) is 1. The lowest BCUT2D eigenvalue weighted by Gasteiger charge is -2.31. The van der Waals surface area contributed by atoms with Gasteiger partial charge in [0.2, 0.25) is 0 Å². The fraction of sp³-hybridized carbons (Fsp3) is 0.889. The van der Waals surface area contributed by atoms with Crippen molar-refractivity contribution in [1.29, 1.82) is 0 Å². The van der Waals surface area contributed by atoms with Gasteiger partial charge in [0.25, 0.3) is 0 Å². The Morgan fingerprint density at radius 1 is 1.58 bits per heavy atom. The Balaban J connectivity index is 4.04. The third kappa shape index (κ3) is 3.60. The number of hydrogen-bond donors (Lipinski definition) is 1. The lowest BCUT2D eigenvalue weighted by Crippen LogP contribution is -2.42. The highest BCUT2D eigenvalue weighted by molar-refractivity contribution is 5.71. The second-order valence-electron chi connectivity index (χ2n) is 3.93. The fourth-order valence-electron chi connectivity index (χ4n) is 1.25. The summed E-state index contributed by atoms with van der Waals surface area (Å²) >= 11 is 0. The molecule has 0 rings (SSSR count). The lowest BCUT2D eigenvalue weighted by molar-refractivity contribution is 0.214. The fourth-order valence-corrected chi connectivity index (χ4v) is 1.25. The first-order valence-corrected chi connectivity index (χ1v) is 4.42. The topological polar surface area (TPSA) is 52.9 Å². The van der Waals surface area contributed by atoms with Crippen LogP contribution in [0.15, 0.2) is 0 Å². The summed E-state index contributed by atoms with van der Waals surface area (Å²) in [7, 11) is 0. The quantitative estimate of drug-likeness (QED) is 0.692. The van der Waals surface area contributed by atoms with Crippen LogP contribution in [-0.4, -0.2) is 12.1 Å². The summed E-state index contributed by atoms with van der Waals surface area (Å²) in [6.45, 7) is 8.29. The summed E-state index contributed by atoms with van der Waals surface area (Å²) in [5, 5.41) is 2.60. The maximum absolute atomic E-state index is 10.5. The molecule has 0 aromatic heterocycles. The molecule has 0 fully saturated rings. The number of carbonyl (C=O) groups excluding carboxylic acids is 1. The van der Waals surface area contributed by atoms with E-state index in [1.807, 2.05) is 6.92 Å². The van der Waals surface area contributed by atoms with E-state index in [0.717, 1.165) is 12.8 Å². The molecule has 0 aliphatic carbocycles. The molecule has 0 aromatic carbocycles. The second-order valence-corrected chi connectivity index (χ2v) is 3.93. The van der Waals surface area contributed by atoms with Crippen LogP contribution in [0.4, 0.5) is 4.79 Å². The minimum atomic E-state index is -0.688. The van der Waals surface area contributed by atoms with Gasteiger partial charge in [0, 0.05) is 6.04 Å². The van der Waals surface area contributed by atoms with E-state index < -0.39 is 6.03 Å². The van der Waals surface area contributed by atoms with Crippen LogP contribution >= 0.6 is 0 Å². The van der Waals surface area contributed by atoms with Gasteiger partial charge >= 0.3 is 6.03 Å². The number of amides is 2. The lowest BCUT2D eigenvalue weighted by atomic mass is 9.81. The average molecular weight is 171 g/mol. The standard InChI is InChI=1S/C9H19N2O/c1-5-6-9(3,4)7(2)11-8(10)12/h7,10H,5-6H2,1-4H3,(H,11,12). The smallest absolute Gasteiger partial charge is 0.333 e. The summed E-state index contributed by atoms with van der Waals surface area (Å²) in [6, 6.07) is -0.617. The molecule has 3 heteroatoms. The van der Waals surface area contributed by atoms with Crippen LogP contribution in [0.5, 0.6) is 0 Å². The Morgan fingerprint density at radius 2 is 2.08 bits per heavy atom. The van der Waals surface area contributed by atoms with E-state index in [0.29, 0.717) is 0 Å². The highest BCUT2D eigenvalue weighted by Crippen LogP contribution is 2.26. The average Bonchev–Trinajstić information content (AvgIpc) is 1.85. The molecule has 0 spiro atoms. The van der Waals surface area contributed by atoms with Gasteiger partial charge in [0.1, 0.15) is 0 Å². The van der Waals surface area contributed by atoms with Gasteiger partial charge in [-0.1, -0.05) is 27.2 Å². The first-order chi connectivity index (χ1) is 5.40. The van der Waals surface area contributed by atoms with Gasteiger partial charge in [-0.05, 0) is 18.8 Å². The predicted molar refractivity (Wildman–Crippen MR) is 49.8 cm³/mol. The molecule has 2 amide bonds. The van der Waals surface area contributed by atoms with Crippen molar-refractivity contribution in [2.24, 2.45) is 5.41 Å². The minimum absolute atomic E-state index is 0.0717. The monoisotopic (exact) mass is 171 g/mol. The van der Waals surface area contributed by atoms with E-state index in [-0.39, 0.29) is 11.5 Å². The van der Waals surface area contributed by atoms with Crippen LogP contribution in [0, 0.1) is 5.41 Å². The largest absolute Gasteiger partial charge is 0.334 e. The highest BCUT2D eigenvalue weighted by atomic mass is 16.2. The number of nitrogens with one attached hydrogen (secondary N) is 2. The number of urea groups is 1. The molecule has 1 radical (unpaired) electrons. The molecular weight excluding hydrogens is 152 g/mol. The first-order valence-electron chi connectivity index (χ1n) is 4.42. The van der Waals surface area contributed by atoms with Crippen molar-refractivity contribution >= 4 is 6.03 Å². The van der Waals surface area contributed by atoms with Crippen LogP contribution in [0.25, 0.3) is 0 Å². The maximum Gasteiger partial charge on any atom is 0.333 e. The maximum atomic E-state index is 10.5. The molecule has 1 atom stereocenters. The Morgan fingerprint density at radius 3 is 2.42 bits per heavy atom. The first kappa shape index (κ1) is 11.3. The minimum Gasteiger partial charge on any atom is -0.334 e. The van der Waals surface area contributed by atoms with E-state index in [2.05, 4.69) is 26.1 Å². The molecule has 3 nitrogen and oxygen atoms in total. The van der Waals surface area contributed by atoms with Gasteiger partial charge in [-0.25, -0.2) is 10.5 Å². The molecule has 12 heavy (non-hydrogen) atoms. The van der Waals surface area contributed by atoms with Crippen LogP contribution in [0.3, 0.4) is 0 Å². The molecule has 0 bridgehead atoms. The molecule has 0 saturated carbocycles. The molecule has 71 valence electrons. The zero-order valence-corrected chi connectivity index (χ0v) is 8.40. The SMILES string of the molecule is CCCC(C)(C)C(C)NC([NH])=O. The van der Waals surface area contributed by atoms with Crippen molar-refractivity contribution < 1.29 is 4.79 Å². The summed E-state index contributed by atoms with van der Waals surface area (Å²) in [6.07, 6.45) is 2.17. The summed E-state index contributed by atoms with van der Waals surface area (Å²) in [5.41, 5.74) is 6.86. The van der Waals surface area contributed by atoms with E-state index >= 15 is 0 Å². The van der Waals surface area contributed by atoms with Gasteiger partial charge in [-0.3, -0.25) is 0 Å². The summed E-state index contributed by atoms with van der Waals surface area (Å²) < 4.78 is 0. The van der Waals surface area contributed by atoms with Gasteiger partial charge in [0.05, 0.1) is 0 Å². The van der Waals surface area contributed by atoms with Crippen LogP contribution in [0.2, 0.25) is 0 Å². The van der Waals surface area contributed by atoms with Crippen molar-refractivity contribution in [3.05, 3.63) is 0 Å².